The average Bonchev–Trinajstić information content (AvgIpc) is 3.27. The summed E-state index contributed by atoms with van der Waals surface area (Å²) in [5, 5.41) is 10.8. The highest BCUT2D eigenvalue weighted by Crippen LogP contribution is 2.58. The number of carbonyl (C=O) groups excluding carboxylic acids is 2. The fourth-order valence-corrected chi connectivity index (χ4v) is 6.50. The van der Waals surface area contributed by atoms with Gasteiger partial charge in [-0.15, -0.1) is 0 Å². The summed E-state index contributed by atoms with van der Waals surface area (Å²) in [6.45, 7) is -0.175. The smallest absolute Gasteiger partial charge is 0.433 e. The number of furan rings is 1. The number of halogens is 1. The summed E-state index contributed by atoms with van der Waals surface area (Å²) in [4.78, 5) is 37.6. The van der Waals surface area contributed by atoms with E-state index < -0.39 is 23.4 Å². The third kappa shape index (κ3) is 4.24. The normalized spacial score (nSPS) is 27.4. The van der Waals surface area contributed by atoms with Crippen LogP contribution in [0.1, 0.15) is 54.6 Å². The number of nitrogens with zero attached hydrogens (tertiary/aromatic N) is 2. The average molecular weight is 456 g/mol. The predicted molar refractivity (Wildman–Crippen MR) is 113 cm³/mol. The lowest BCUT2D eigenvalue weighted by atomic mass is 9.52. The van der Waals surface area contributed by atoms with Gasteiger partial charge in [0.15, 0.2) is 6.61 Å². The van der Waals surface area contributed by atoms with Crippen LogP contribution in [0.25, 0.3) is 0 Å². The molecular weight excluding hydrogens is 431 g/mol. The Labute approximate surface area is 189 Å². The molecule has 9 heteroatoms. The van der Waals surface area contributed by atoms with E-state index in [4.69, 9.17) is 9.15 Å². The molecular formula is C24H25FN2O6. The van der Waals surface area contributed by atoms with Crippen molar-refractivity contribution in [3.63, 3.8) is 0 Å². The number of ether oxygens (including phenoxy) is 1. The molecule has 0 atom stereocenters. The molecule has 8 nitrogen and oxygen atoms in total. The highest BCUT2D eigenvalue weighted by atomic mass is 19.1. The van der Waals surface area contributed by atoms with Crippen LogP contribution in [0.15, 0.2) is 40.8 Å². The van der Waals surface area contributed by atoms with Gasteiger partial charge >= 0.3 is 11.9 Å². The molecule has 4 aliphatic carbocycles. The first kappa shape index (κ1) is 21.6. The third-order valence-electron chi connectivity index (χ3n) is 7.43. The predicted octanol–water partition coefficient (Wildman–Crippen LogP) is 4.48. The van der Waals surface area contributed by atoms with Crippen LogP contribution in [0.2, 0.25) is 0 Å². The van der Waals surface area contributed by atoms with Crippen LogP contribution in [0, 0.1) is 33.7 Å². The summed E-state index contributed by atoms with van der Waals surface area (Å²) < 4.78 is 23.5. The van der Waals surface area contributed by atoms with Crippen molar-refractivity contribution in [1.82, 2.24) is 4.90 Å². The number of carbonyl (C=O) groups is 2. The van der Waals surface area contributed by atoms with E-state index in [9.17, 15) is 24.1 Å². The first-order chi connectivity index (χ1) is 15.8. The lowest BCUT2D eigenvalue weighted by molar-refractivity contribution is -0.402. The lowest BCUT2D eigenvalue weighted by Gasteiger charge is -2.60. The SMILES string of the molecule is O=C(OCC(=O)N(Cc1ccc(F)cc1)C12CC3CC(CC(C3)C1)C2)c1ccc([N+](=O)[O-])o1. The summed E-state index contributed by atoms with van der Waals surface area (Å²) in [5.74, 6) is -0.676. The zero-order valence-corrected chi connectivity index (χ0v) is 18.1. The van der Waals surface area contributed by atoms with Crippen molar-refractivity contribution in [2.75, 3.05) is 6.61 Å². The molecule has 4 bridgehead atoms. The van der Waals surface area contributed by atoms with Gasteiger partial charge < -0.3 is 14.1 Å². The molecule has 174 valence electrons. The van der Waals surface area contributed by atoms with E-state index in [2.05, 4.69) is 0 Å². The second-order valence-corrected chi connectivity index (χ2v) is 9.72. The minimum atomic E-state index is -0.927. The number of rotatable bonds is 7. The van der Waals surface area contributed by atoms with Gasteiger partial charge in [0.25, 0.3) is 5.91 Å². The lowest BCUT2D eigenvalue weighted by Crippen LogP contribution is -2.61. The number of hydrogen-bond donors (Lipinski definition) is 0. The topological polar surface area (TPSA) is 103 Å². The number of hydrogen-bond acceptors (Lipinski definition) is 6. The van der Waals surface area contributed by atoms with Crippen molar-refractivity contribution in [2.24, 2.45) is 17.8 Å². The van der Waals surface area contributed by atoms with Gasteiger partial charge in [0.1, 0.15) is 10.7 Å². The Hall–Kier alpha value is -3.23. The Bertz CT molecular complexity index is 1040. The highest BCUT2D eigenvalue weighted by molar-refractivity contribution is 5.89. The summed E-state index contributed by atoms with van der Waals surface area (Å²) in [5.41, 5.74) is 0.532. The van der Waals surface area contributed by atoms with Crippen LogP contribution >= 0.6 is 0 Å². The van der Waals surface area contributed by atoms with Crippen LogP contribution in [-0.4, -0.2) is 33.8 Å². The maximum atomic E-state index is 13.4. The molecule has 1 amide bonds. The first-order valence-electron chi connectivity index (χ1n) is 11.3. The third-order valence-corrected chi connectivity index (χ3v) is 7.43. The molecule has 0 unspecified atom stereocenters. The molecule has 0 spiro atoms. The van der Waals surface area contributed by atoms with Gasteiger partial charge in [-0.3, -0.25) is 14.9 Å². The van der Waals surface area contributed by atoms with E-state index in [1.54, 1.807) is 12.1 Å². The van der Waals surface area contributed by atoms with Crippen molar-refractivity contribution < 1.29 is 28.1 Å². The summed E-state index contributed by atoms with van der Waals surface area (Å²) in [6.07, 6.45) is 6.44. The Morgan fingerprint density at radius 1 is 1.06 bits per heavy atom. The molecule has 4 fully saturated rings. The van der Waals surface area contributed by atoms with Gasteiger partial charge in [0.2, 0.25) is 5.76 Å². The maximum Gasteiger partial charge on any atom is 0.433 e. The zero-order valence-electron chi connectivity index (χ0n) is 18.1. The zero-order chi connectivity index (χ0) is 23.2. The number of nitro groups is 1. The van der Waals surface area contributed by atoms with Crippen molar-refractivity contribution in [3.8, 4) is 0 Å². The summed E-state index contributed by atoms with van der Waals surface area (Å²) in [6, 6.07) is 8.31. The quantitative estimate of drug-likeness (QED) is 0.346. The van der Waals surface area contributed by atoms with Gasteiger partial charge in [-0.05, 0) is 80.0 Å². The van der Waals surface area contributed by atoms with Gasteiger partial charge in [0, 0.05) is 12.1 Å². The Morgan fingerprint density at radius 2 is 1.67 bits per heavy atom. The molecule has 1 aromatic heterocycles. The molecule has 4 saturated carbocycles. The molecule has 0 saturated heterocycles. The van der Waals surface area contributed by atoms with E-state index in [1.807, 2.05) is 4.90 Å². The molecule has 1 aromatic carbocycles. The van der Waals surface area contributed by atoms with Crippen molar-refractivity contribution in [1.29, 1.82) is 0 Å². The fraction of sp³-hybridized carbons (Fsp3) is 0.500. The van der Waals surface area contributed by atoms with Crippen molar-refractivity contribution in [2.45, 2.75) is 50.6 Å². The second kappa shape index (κ2) is 8.28. The van der Waals surface area contributed by atoms with Crippen LogP contribution < -0.4 is 0 Å². The number of esters is 1. The maximum absolute atomic E-state index is 13.4. The van der Waals surface area contributed by atoms with Gasteiger partial charge in [-0.2, -0.15) is 0 Å². The molecule has 2 aromatic rings. The van der Waals surface area contributed by atoms with Crippen LogP contribution in [0.3, 0.4) is 0 Å². The van der Waals surface area contributed by atoms with E-state index >= 15 is 0 Å². The van der Waals surface area contributed by atoms with Crippen LogP contribution in [0.5, 0.6) is 0 Å². The minimum absolute atomic E-state index is 0.282. The Kier molecular flexibility index (Phi) is 5.42. The molecule has 0 radical (unpaired) electrons. The standard InChI is InChI=1S/C24H25FN2O6/c25-19-3-1-15(2-4-19)13-26(24-10-16-7-17(11-24)9-18(8-16)12-24)21(28)14-32-23(29)20-5-6-22(33-20)27(30)31/h1-6,16-18H,7-14H2. The van der Waals surface area contributed by atoms with Crippen molar-refractivity contribution in [3.05, 3.63) is 63.7 Å². The number of benzene rings is 1. The van der Waals surface area contributed by atoms with Gasteiger partial charge in [-0.1, -0.05) is 12.1 Å². The fourth-order valence-electron chi connectivity index (χ4n) is 6.50. The minimum Gasteiger partial charge on any atom is -0.450 e. The number of amides is 1. The highest BCUT2D eigenvalue weighted by Gasteiger charge is 2.54. The van der Waals surface area contributed by atoms with E-state index in [-0.39, 0.29) is 23.0 Å². The van der Waals surface area contributed by atoms with Crippen LogP contribution in [-0.2, 0) is 16.1 Å². The Morgan fingerprint density at radius 3 is 2.21 bits per heavy atom. The largest absolute Gasteiger partial charge is 0.450 e. The summed E-state index contributed by atoms with van der Waals surface area (Å²) >= 11 is 0. The first-order valence-corrected chi connectivity index (χ1v) is 11.3. The van der Waals surface area contributed by atoms with Gasteiger partial charge in [-0.25, -0.2) is 9.18 Å². The summed E-state index contributed by atoms with van der Waals surface area (Å²) in [7, 11) is 0. The molecule has 0 N–H and O–H groups in total. The van der Waals surface area contributed by atoms with Crippen molar-refractivity contribution >= 4 is 17.8 Å². The second-order valence-electron chi connectivity index (χ2n) is 9.72. The molecule has 33 heavy (non-hydrogen) atoms. The van der Waals surface area contributed by atoms with Crippen LogP contribution in [0.4, 0.5) is 10.3 Å². The Balaban J connectivity index is 1.34. The van der Waals surface area contributed by atoms with E-state index in [1.165, 1.54) is 31.4 Å². The molecule has 0 aliphatic heterocycles. The monoisotopic (exact) mass is 456 g/mol. The molecule has 1 heterocycles. The molecule has 4 aliphatic rings. The van der Waals surface area contributed by atoms with E-state index in [0.717, 1.165) is 37.0 Å². The van der Waals surface area contributed by atoms with E-state index in [0.29, 0.717) is 24.3 Å². The molecule has 6 rings (SSSR count). The van der Waals surface area contributed by atoms with Gasteiger partial charge in [0.05, 0.1) is 6.07 Å².